The van der Waals surface area contributed by atoms with Crippen LogP contribution in [0.1, 0.15) is 44.5 Å². The molecule has 0 aliphatic heterocycles. The Labute approximate surface area is 154 Å². The molecule has 8 nitrogen and oxygen atoms in total. The molecule has 138 valence electrons. The lowest BCUT2D eigenvalue weighted by Gasteiger charge is -2.16. The van der Waals surface area contributed by atoms with Crippen molar-refractivity contribution in [2.75, 3.05) is 7.11 Å². The lowest BCUT2D eigenvalue weighted by molar-refractivity contribution is 0.380. The lowest BCUT2D eigenvalue weighted by Crippen LogP contribution is -2.24. The zero-order valence-electron chi connectivity index (χ0n) is 15.3. The Kier molecular flexibility index (Phi) is 3.37. The van der Waals surface area contributed by atoms with E-state index in [0.717, 1.165) is 23.9 Å². The minimum atomic E-state index is -0.132. The number of aromatic nitrogens is 5. The predicted molar refractivity (Wildman–Crippen MR) is 99.2 cm³/mol. The number of imidazole rings is 1. The predicted octanol–water partition coefficient (Wildman–Crippen LogP) is 3.17. The van der Waals surface area contributed by atoms with Crippen molar-refractivity contribution in [3.8, 4) is 17.3 Å². The van der Waals surface area contributed by atoms with Gasteiger partial charge in [-0.05, 0) is 38.8 Å². The number of ether oxygens (including phenoxy) is 1. The summed E-state index contributed by atoms with van der Waals surface area (Å²) in [6.45, 7) is 3.97. The van der Waals surface area contributed by atoms with E-state index < -0.39 is 0 Å². The van der Waals surface area contributed by atoms with Crippen molar-refractivity contribution in [3.63, 3.8) is 0 Å². The van der Waals surface area contributed by atoms with Crippen molar-refractivity contribution in [2.24, 2.45) is 0 Å². The molecule has 1 aliphatic rings. The Hall–Kier alpha value is -3.16. The molecular weight excluding hydrogens is 346 g/mol. The van der Waals surface area contributed by atoms with Crippen LogP contribution in [0.5, 0.6) is 5.75 Å². The highest BCUT2D eigenvalue weighted by atomic mass is 16.5. The van der Waals surface area contributed by atoms with Crippen molar-refractivity contribution in [3.05, 3.63) is 40.8 Å². The van der Waals surface area contributed by atoms with E-state index in [2.05, 4.69) is 15.1 Å². The van der Waals surface area contributed by atoms with Crippen LogP contribution in [0.4, 0.5) is 0 Å². The molecule has 0 amide bonds. The van der Waals surface area contributed by atoms with Crippen molar-refractivity contribution >= 4 is 16.6 Å². The number of nitrogens with zero attached hydrogens (tertiary/aromatic N) is 5. The molecule has 0 radical (unpaired) electrons. The van der Waals surface area contributed by atoms with E-state index in [4.69, 9.17) is 9.26 Å². The van der Waals surface area contributed by atoms with Crippen LogP contribution in [0.2, 0.25) is 0 Å². The van der Waals surface area contributed by atoms with Crippen molar-refractivity contribution in [1.29, 1.82) is 0 Å². The first kappa shape index (κ1) is 16.0. The minimum Gasteiger partial charge on any atom is -0.497 e. The second-order valence-electron chi connectivity index (χ2n) is 7.17. The Balaban J connectivity index is 1.85. The van der Waals surface area contributed by atoms with Gasteiger partial charge in [0.25, 0.3) is 5.56 Å². The zero-order chi connectivity index (χ0) is 18.7. The van der Waals surface area contributed by atoms with Crippen LogP contribution in [0.15, 0.2) is 33.8 Å². The molecule has 3 aromatic heterocycles. The zero-order valence-corrected chi connectivity index (χ0v) is 15.3. The summed E-state index contributed by atoms with van der Waals surface area (Å²) in [4.78, 5) is 22.2. The molecule has 0 N–H and O–H groups in total. The van der Waals surface area contributed by atoms with Gasteiger partial charge in [0.2, 0.25) is 11.7 Å². The van der Waals surface area contributed by atoms with Gasteiger partial charge in [0.05, 0.1) is 18.1 Å². The average molecular weight is 365 g/mol. The lowest BCUT2D eigenvalue weighted by atomic mass is 10.2. The molecule has 0 spiro atoms. The summed E-state index contributed by atoms with van der Waals surface area (Å²) in [5.41, 5.74) is 2.40. The maximum Gasteiger partial charge on any atom is 0.278 e. The molecule has 0 atom stereocenters. The van der Waals surface area contributed by atoms with Gasteiger partial charge in [0.15, 0.2) is 0 Å². The molecule has 3 heterocycles. The van der Waals surface area contributed by atoms with Gasteiger partial charge in [0, 0.05) is 18.0 Å². The molecule has 5 rings (SSSR count). The summed E-state index contributed by atoms with van der Waals surface area (Å²) in [6.07, 6.45) is 3.76. The van der Waals surface area contributed by atoms with Gasteiger partial charge in [0.1, 0.15) is 23.3 Å². The Morgan fingerprint density at radius 1 is 1.26 bits per heavy atom. The van der Waals surface area contributed by atoms with E-state index in [0.29, 0.717) is 34.6 Å². The quantitative estimate of drug-likeness (QED) is 0.552. The summed E-state index contributed by atoms with van der Waals surface area (Å²) in [6, 6.07) is 5.63. The Morgan fingerprint density at radius 3 is 2.78 bits per heavy atom. The Morgan fingerprint density at radius 2 is 2.07 bits per heavy atom. The summed E-state index contributed by atoms with van der Waals surface area (Å²) in [7, 11) is 1.62. The number of hydrogen-bond acceptors (Lipinski definition) is 6. The summed E-state index contributed by atoms with van der Waals surface area (Å²) in [5, 5.41) is 4.06. The fourth-order valence-electron chi connectivity index (χ4n) is 3.49. The third-order valence-corrected chi connectivity index (χ3v) is 4.99. The number of rotatable bonds is 4. The monoisotopic (exact) mass is 365 g/mol. The smallest absolute Gasteiger partial charge is 0.278 e. The maximum absolute atomic E-state index is 13.3. The van der Waals surface area contributed by atoms with E-state index in [-0.39, 0.29) is 11.6 Å². The highest BCUT2D eigenvalue weighted by molar-refractivity contribution is 5.84. The van der Waals surface area contributed by atoms with E-state index in [1.165, 1.54) is 0 Å². The van der Waals surface area contributed by atoms with Gasteiger partial charge in [-0.3, -0.25) is 9.20 Å². The molecule has 1 aliphatic carbocycles. The molecular formula is C19H19N5O3. The number of fused-ring (bicyclic) bond motifs is 3. The highest BCUT2D eigenvalue weighted by Crippen LogP contribution is 2.39. The largest absolute Gasteiger partial charge is 0.497 e. The van der Waals surface area contributed by atoms with Gasteiger partial charge in [-0.15, -0.1) is 0 Å². The average Bonchev–Trinajstić information content (AvgIpc) is 3.22. The van der Waals surface area contributed by atoms with Gasteiger partial charge in [-0.2, -0.15) is 4.98 Å². The Bertz CT molecular complexity index is 1230. The fraction of sp³-hybridized carbons (Fsp3) is 0.368. The van der Waals surface area contributed by atoms with Crippen LogP contribution in [0.3, 0.4) is 0 Å². The molecule has 8 heteroatoms. The third-order valence-electron chi connectivity index (χ3n) is 4.99. The van der Waals surface area contributed by atoms with Crippen LogP contribution in [0, 0.1) is 0 Å². The van der Waals surface area contributed by atoms with Crippen molar-refractivity contribution in [2.45, 2.75) is 38.6 Å². The second kappa shape index (κ2) is 5.67. The number of methoxy groups -OCH3 is 1. The first-order chi connectivity index (χ1) is 13.1. The first-order valence-corrected chi connectivity index (χ1v) is 9.01. The first-order valence-electron chi connectivity index (χ1n) is 9.01. The van der Waals surface area contributed by atoms with E-state index in [9.17, 15) is 4.79 Å². The van der Waals surface area contributed by atoms with Crippen LogP contribution in [-0.4, -0.2) is 31.2 Å². The van der Waals surface area contributed by atoms with E-state index >= 15 is 0 Å². The van der Waals surface area contributed by atoms with Gasteiger partial charge in [-0.25, -0.2) is 4.98 Å². The van der Waals surface area contributed by atoms with Crippen LogP contribution < -0.4 is 10.3 Å². The van der Waals surface area contributed by atoms with Gasteiger partial charge < -0.3 is 13.8 Å². The normalized spacial score (nSPS) is 14.5. The number of hydrogen-bond donors (Lipinski definition) is 0. The molecule has 1 fully saturated rings. The number of benzene rings is 1. The standard InChI is InChI=1S/C19H19N5O3/c1-10(2)24-13-7-6-12(26-3)8-14(13)23-9-20-15(16(23)19(24)25)17-21-18(27-22-17)11-4-5-11/h6-11H,4-5H2,1-3H3. The topological polar surface area (TPSA) is 87.5 Å². The van der Waals surface area contributed by atoms with Crippen LogP contribution in [0.25, 0.3) is 28.1 Å². The SMILES string of the molecule is COc1ccc2c(c1)n1cnc(-c3noc(C4CC4)n3)c1c(=O)n2C(C)C. The highest BCUT2D eigenvalue weighted by Gasteiger charge is 2.31. The van der Waals surface area contributed by atoms with Gasteiger partial charge >= 0.3 is 0 Å². The van der Waals surface area contributed by atoms with Crippen LogP contribution >= 0.6 is 0 Å². The molecule has 27 heavy (non-hydrogen) atoms. The van der Waals surface area contributed by atoms with Crippen molar-refractivity contribution < 1.29 is 9.26 Å². The fourth-order valence-corrected chi connectivity index (χ4v) is 3.49. The summed E-state index contributed by atoms with van der Waals surface area (Å²) >= 11 is 0. The molecule has 0 unspecified atom stereocenters. The van der Waals surface area contributed by atoms with Crippen LogP contribution in [-0.2, 0) is 0 Å². The summed E-state index contributed by atoms with van der Waals surface area (Å²) < 4.78 is 14.3. The second-order valence-corrected chi connectivity index (χ2v) is 7.17. The van der Waals surface area contributed by atoms with E-state index in [1.807, 2.05) is 32.0 Å². The summed E-state index contributed by atoms with van der Waals surface area (Å²) in [5.74, 6) is 2.04. The van der Waals surface area contributed by atoms with Gasteiger partial charge in [-0.1, -0.05) is 5.16 Å². The minimum absolute atomic E-state index is 0.0200. The van der Waals surface area contributed by atoms with E-state index in [1.54, 1.807) is 22.4 Å². The molecule has 1 saturated carbocycles. The van der Waals surface area contributed by atoms with Crippen molar-refractivity contribution in [1.82, 2.24) is 24.1 Å². The molecule has 0 bridgehead atoms. The third kappa shape index (κ3) is 2.36. The molecule has 0 saturated heterocycles. The molecule has 4 aromatic rings. The maximum atomic E-state index is 13.3. The molecule has 1 aromatic carbocycles.